The van der Waals surface area contributed by atoms with Crippen molar-refractivity contribution in [1.29, 1.82) is 5.26 Å². The van der Waals surface area contributed by atoms with E-state index < -0.39 is 0 Å². The second-order valence-corrected chi connectivity index (χ2v) is 5.89. The number of likely N-dealkylation sites (tertiary alicyclic amines) is 1. The molecule has 0 aromatic heterocycles. The van der Waals surface area contributed by atoms with E-state index in [2.05, 4.69) is 36.8 Å². The molecule has 4 nitrogen and oxygen atoms in total. The molecule has 102 valence electrons. The lowest BCUT2D eigenvalue weighted by Gasteiger charge is -2.33. The molecule has 1 heterocycles. The number of hydrogen-bond donors (Lipinski definition) is 0. The molecule has 0 radical (unpaired) electrons. The van der Waals surface area contributed by atoms with Crippen molar-refractivity contribution in [1.82, 2.24) is 9.80 Å². The second kappa shape index (κ2) is 6.01. The number of likely N-dealkylation sites (N-methyl/N-ethyl adjacent to an activating group) is 1. The van der Waals surface area contributed by atoms with Gasteiger partial charge in [0.15, 0.2) is 0 Å². The molecule has 2 aliphatic rings. The molecule has 0 spiro atoms. The van der Waals surface area contributed by atoms with Gasteiger partial charge in [-0.15, -0.1) is 0 Å². The van der Waals surface area contributed by atoms with Crippen LogP contribution in [-0.2, 0) is 4.74 Å². The largest absolute Gasteiger partial charge is 0.365 e. The lowest BCUT2D eigenvalue weighted by atomic mass is 10.1. The highest BCUT2D eigenvalue weighted by atomic mass is 16.5. The van der Waals surface area contributed by atoms with Gasteiger partial charge in [0.05, 0.1) is 25.8 Å². The Labute approximate surface area is 110 Å². The molecule has 1 saturated carbocycles. The van der Waals surface area contributed by atoms with E-state index in [1.807, 2.05) is 0 Å². The molecule has 0 amide bonds. The minimum atomic E-state index is 0.490. The topological polar surface area (TPSA) is 39.5 Å². The summed E-state index contributed by atoms with van der Waals surface area (Å²) in [4.78, 5) is 4.99. The van der Waals surface area contributed by atoms with Gasteiger partial charge in [0.25, 0.3) is 0 Å². The first-order valence-electron chi connectivity index (χ1n) is 7.05. The number of nitriles is 1. The van der Waals surface area contributed by atoms with Crippen LogP contribution in [0.4, 0.5) is 0 Å². The lowest BCUT2D eigenvalue weighted by molar-refractivity contribution is 0.0128. The summed E-state index contributed by atoms with van der Waals surface area (Å²) in [5, 5.41) is 8.48. The molecule has 0 aromatic rings. The van der Waals surface area contributed by atoms with Gasteiger partial charge < -0.3 is 4.74 Å². The molecule has 2 rings (SSSR count). The third-order valence-electron chi connectivity index (χ3n) is 4.41. The fraction of sp³-hybridized carbons (Fsp3) is 0.929. The summed E-state index contributed by atoms with van der Waals surface area (Å²) in [7, 11) is 2.16. The van der Waals surface area contributed by atoms with Gasteiger partial charge in [-0.25, -0.2) is 0 Å². The van der Waals surface area contributed by atoms with E-state index in [4.69, 9.17) is 10.00 Å². The normalized spacial score (nSPS) is 31.4. The highest BCUT2D eigenvalue weighted by Crippen LogP contribution is 2.41. The predicted molar refractivity (Wildman–Crippen MR) is 71.0 cm³/mol. The Morgan fingerprint density at radius 3 is 2.83 bits per heavy atom. The van der Waals surface area contributed by atoms with Gasteiger partial charge in [-0.1, -0.05) is 0 Å². The highest BCUT2D eigenvalue weighted by Gasteiger charge is 2.48. The van der Waals surface area contributed by atoms with E-state index in [-0.39, 0.29) is 0 Å². The van der Waals surface area contributed by atoms with Crippen LogP contribution in [0.25, 0.3) is 0 Å². The van der Waals surface area contributed by atoms with Crippen LogP contribution in [0.15, 0.2) is 0 Å². The zero-order chi connectivity index (χ0) is 13.1. The average molecular weight is 251 g/mol. The van der Waals surface area contributed by atoms with E-state index in [0.717, 1.165) is 5.92 Å². The summed E-state index contributed by atoms with van der Waals surface area (Å²) in [5.41, 5.74) is 0. The summed E-state index contributed by atoms with van der Waals surface area (Å²) >= 11 is 0. The Balaban J connectivity index is 1.84. The summed E-state index contributed by atoms with van der Waals surface area (Å²) in [6.45, 7) is 7.04. The number of hydrogen-bond acceptors (Lipinski definition) is 4. The quantitative estimate of drug-likeness (QED) is 0.532. The van der Waals surface area contributed by atoms with Gasteiger partial charge >= 0.3 is 0 Å². The number of ether oxygens (including phenoxy) is 1. The predicted octanol–water partition coefficient (Wildman–Crippen LogP) is 1.68. The molecule has 0 unspecified atom stereocenters. The van der Waals surface area contributed by atoms with Crippen molar-refractivity contribution in [3.05, 3.63) is 0 Å². The van der Waals surface area contributed by atoms with Gasteiger partial charge in [0, 0.05) is 24.7 Å². The van der Waals surface area contributed by atoms with Crippen LogP contribution in [-0.4, -0.2) is 54.9 Å². The summed E-state index contributed by atoms with van der Waals surface area (Å²) < 4.78 is 5.55. The zero-order valence-corrected chi connectivity index (χ0v) is 11.8. The Bertz CT molecular complexity index is 313. The fourth-order valence-corrected chi connectivity index (χ4v) is 3.67. The molecule has 4 heteroatoms. The maximum atomic E-state index is 8.48. The molecule has 2 fully saturated rings. The standard InChI is InChI=1S/C14H25N3O/c1-11(2)17-9-12-5-6-13(17)14(12)16(3)10-18-8-4-7-15/h11-14H,4-6,8-10H2,1-3H3/t12-,13-,14-/m1/s1. The Hall–Kier alpha value is -0.630. The average Bonchev–Trinajstić information content (AvgIpc) is 2.91. The third kappa shape index (κ3) is 2.69. The summed E-state index contributed by atoms with van der Waals surface area (Å²) in [6, 6.07) is 4.12. The minimum absolute atomic E-state index is 0.490. The molecule has 3 atom stereocenters. The van der Waals surface area contributed by atoms with Gasteiger partial charge in [-0.05, 0) is 39.7 Å². The maximum absolute atomic E-state index is 8.48. The first-order chi connectivity index (χ1) is 8.65. The number of nitrogens with zero attached hydrogens (tertiary/aromatic N) is 3. The van der Waals surface area contributed by atoms with E-state index in [9.17, 15) is 0 Å². The molecule has 1 saturated heterocycles. The number of piperidine rings is 1. The molecule has 2 bridgehead atoms. The maximum Gasteiger partial charge on any atom is 0.0991 e. The van der Waals surface area contributed by atoms with Gasteiger partial charge in [0.1, 0.15) is 0 Å². The van der Waals surface area contributed by atoms with Crippen molar-refractivity contribution >= 4 is 0 Å². The smallest absolute Gasteiger partial charge is 0.0991 e. The molecular weight excluding hydrogens is 226 g/mol. The van der Waals surface area contributed by atoms with E-state index in [0.29, 0.717) is 37.9 Å². The molecular formula is C14H25N3O. The Kier molecular flexibility index (Phi) is 4.60. The van der Waals surface area contributed by atoms with Crippen molar-refractivity contribution < 1.29 is 4.74 Å². The first kappa shape index (κ1) is 13.8. The first-order valence-corrected chi connectivity index (χ1v) is 7.05. The van der Waals surface area contributed by atoms with Gasteiger partial charge in [0.2, 0.25) is 0 Å². The third-order valence-corrected chi connectivity index (χ3v) is 4.41. The summed E-state index contributed by atoms with van der Waals surface area (Å²) in [5.74, 6) is 0.807. The molecule has 1 aliphatic heterocycles. The minimum Gasteiger partial charge on any atom is -0.365 e. The van der Waals surface area contributed by atoms with E-state index in [1.165, 1.54) is 19.4 Å². The van der Waals surface area contributed by atoms with Crippen molar-refractivity contribution in [2.75, 3.05) is 26.9 Å². The Morgan fingerprint density at radius 1 is 1.44 bits per heavy atom. The molecule has 0 N–H and O–H groups in total. The molecule has 1 aliphatic carbocycles. The number of rotatable bonds is 6. The zero-order valence-electron chi connectivity index (χ0n) is 11.8. The number of fused-ring (bicyclic) bond motifs is 2. The van der Waals surface area contributed by atoms with Crippen LogP contribution in [0.3, 0.4) is 0 Å². The molecule has 18 heavy (non-hydrogen) atoms. The lowest BCUT2D eigenvalue weighted by Crippen LogP contribution is -2.44. The highest BCUT2D eigenvalue weighted by molar-refractivity contribution is 5.04. The monoisotopic (exact) mass is 251 g/mol. The van der Waals surface area contributed by atoms with Crippen LogP contribution in [0.2, 0.25) is 0 Å². The van der Waals surface area contributed by atoms with Crippen LogP contribution in [0, 0.1) is 17.2 Å². The van der Waals surface area contributed by atoms with Gasteiger partial charge in [-0.2, -0.15) is 5.26 Å². The second-order valence-electron chi connectivity index (χ2n) is 5.89. The molecule has 0 aromatic carbocycles. The Morgan fingerprint density at radius 2 is 2.22 bits per heavy atom. The van der Waals surface area contributed by atoms with Crippen molar-refractivity contribution in [2.45, 2.75) is 51.2 Å². The summed E-state index contributed by atoms with van der Waals surface area (Å²) in [6.07, 6.45) is 3.18. The van der Waals surface area contributed by atoms with Crippen molar-refractivity contribution in [2.24, 2.45) is 5.92 Å². The van der Waals surface area contributed by atoms with Crippen LogP contribution in [0.5, 0.6) is 0 Å². The van der Waals surface area contributed by atoms with Crippen LogP contribution >= 0.6 is 0 Å². The van der Waals surface area contributed by atoms with Crippen LogP contribution in [0.1, 0.15) is 33.1 Å². The van der Waals surface area contributed by atoms with E-state index in [1.54, 1.807) is 0 Å². The van der Waals surface area contributed by atoms with Crippen LogP contribution < -0.4 is 0 Å². The van der Waals surface area contributed by atoms with Crippen molar-refractivity contribution in [3.8, 4) is 6.07 Å². The van der Waals surface area contributed by atoms with Crippen molar-refractivity contribution in [3.63, 3.8) is 0 Å². The fourth-order valence-electron chi connectivity index (χ4n) is 3.67. The SMILES string of the molecule is CC(C)N1C[C@H]2CC[C@@H]1[C@@H]2N(C)COCCC#N. The van der Waals surface area contributed by atoms with E-state index >= 15 is 0 Å². The van der Waals surface area contributed by atoms with Gasteiger partial charge in [-0.3, -0.25) is 9.80 Å².